The highest BCUT2D eigenvalue weighted by Gasteiger charge is 2.21. The summed E-state index contributed by atoms with van der Waals surface area (Å²) in [5, 5.41) is 6.21. The molecule has 2 amide bonds. The Kier molecular flexibility index (Phi) is 4.70. The molecular weight excluding hydrogens is 234 g/mol. The topological polar surface area (TPSA) is 95.3 Å². The lowest BCUT2D eigenvalue weighted by atomic mass is 10.2. The largest absolute Gasteiger partial charge is 0.383 e. The molecule has 1 rings (SSSR count). The first-order valence-corrected chi connectivity index (χ1v) is 5.75. The van der Waals surface area contributed by atoms with Gasteiger partial charge in [-0.25, -0.2) is 0 Å². The van der Waals surface area contributed by atoms with Crippen LogP contribution >= 0.6 is 0 Å². The first-order chi connectivity index (χ1) is 8.47. The molecule has 3 N–H and O–H groups in total. The number of likely N-dealkylation sites (N-methyl/N-ethyl adjacent to an activating group) is 1. The fraction of sp³-hybridized carbons (Fsp3) is 0.545. The molecule has 18 heavy (non-hydrogen) atoms. The standard InChI is InChI=1S/C11H19N5O2/c1-4-5-16(7-9(17)15(2)3)11(18)8-6-13-14-10(8)12/h6H,4-5,7H2,1-3H3,(H3,12,13,14). The van der Waals surface area contributed by atoms with Crippen molar-refractivity contribution in [2.24, 2.45) is 0 Å². The van der Waals surface area contributed by atoms with Crippen LogP contribution in [0.2, 0.25) is 0 Å². The Bertz CT molecular complexity index is 427. The maximum atomic E-state index is 12.2. The summed E-state index contributed by atoms with van der Waals surface area (Å²) in [6, 6.07) is 0. The molecule has 0 unspecified atom stereocenters. The van der Waals surface area contributed by atoms with Gasteiger partial charge in [0.2, 0.25) is 5.91 Å². The van der Waals surface area contributed by atoms with E-state index in [1.807, 2.05) is 6.92 Å². The maximum absolute atomic E-state index is 12.2. The number of aromatic nitrogens is 2. The van der Waals surface area contributed by atoms with Crippen molar-refractivity contribution in [3.63, 3.8) is 0 Å². The number of nitrogens with zero attached hydrogens (tertiary/aromatic N) is 3. The van der Waals surface area contributed by atoms with Gasteiger partial charge in [0.25, 0.3) is 5.91 Å². The number of hydrogen-bond acceptors (Lipinski definition) is 4. The van der Waals surface area contributed by atoms with E-state index in [1.54, 1.807) is 14.1 Å². The number of aromatic amines is 1. The van der Waals surface area contributed by atoms with Crippen LogP contribution in [0, 0.1) is 0 Å². The van der Waals surface area contributed by atoms with Gasteiger partial charge in [-0.1, -0.05) is 6.92 Å². The molecule has 0 saturated carbocycles. The van der Waals surface area contributed by atoms with Gasteiger partial charge in [0.05, 0.1) is 6.20 Å². The van der Waals surface area contributed by atoms with Crippen LogP contribution in [-0.2, 0) is 4.79 Å². The van der Waals surface area contributed by atoms with E-state index in [-0.39, 0.29) is 24.2 Å². The Labute approximate surface area is 106 Å². The second kappa shape index (κ2) is 6.04. The zero-order valence-electron chi connectivity index (χ0n) is 10.9. The summed E-state index contributed by atoms with van der Waals surface area (Å²) in [4.78, 5) is 26.8. The van der Waals surface area contributed by atoms with E-state index in [9.17, 15) is 9.59 Å². The van der Waals surface area contributed by atoms with Gasteiger partial charge in [-0.05, 0) is 6.42 Å². The fourth-order valence-electron chi connectivity index (χ4n) is 1.46. The molecule has 7 heteroatoms. The van der Waals surface area contributed by atoms with Gasteiger partial charge in [-0.2, -0.15) is 5.10 Å². The lowest BCUT2D eigenvalue weighted by molar-refractivity contribution is -0.129. The van der Waals surface area contributed by atoms with E-state index in [0.29, 0.717) is 12.1 Å². The van der Waals surface area contributed by atoms with Gasteiger partial charge < -0.3 is 15.5 Å². The lowest BCUT2D eigenvalue weighted by Gasteiger charge is -2.23. The van der Waals surface area contributed by atoms with Gasteiger partial charge in [-0.3, -0.25) is 14.7 Å². The number of anilines is 1. The molecule has 0 bridgehead atoms. The smallest absolute Gasteiger partial charge is 0.259 e. The van der Waals surface area contributed by atoms with Crippen LogP contribution < -0.4 is 5.73 Å². The molecule has 0 saturated heterocycles. The zero-order chi connectivity index (χ0) is 13.7. The number of nitrogens with one attached hydrogen (secondary N) is 1. The number of H-pyrrole nitrogens is 1. The van der Waals surface area contributed by atoms with Crippen LogP contribution in [0.25, 0.3) is 0 Å². The molecule has 0 aliphatic rings. The van der Waals surface area contributed by atoms with Crippen molar-refractivity contribution in [3.05, 3.63) is 11.8 Å². The Hall–Kier alpha value is -2.05. The van der Waals surface area contributed by atoms with Crippen LogP contribution in [0.1, 0.15) is 23.7 Å². The highest BCUT2D eigenvalue weighted by molar-refractivity contribution is 5.99. The minimum absolute atomic E-state index is 0.0459. The van der Waals surface area contributed by atoms with Crippen molar-refractivity contribution in [1.82, 2.24) is 20.0 Å². The van der Waals surface area contributed by atoms with E-state index in [0.717, 1.165) is 6.42 Å². The third-order valence-electron chi connectivity index (χ3n) is 2.50. The summed E-state index contributed by atoms with van der Waals surface area (Å²) in [6.45, 7) is 2.49. The van der Waals surface area contributed by atoms with Crippen molar-refractivity contribution in [2.75, 3.05) is 32.9 Å². The van der Waals surface area contributed by atoms with Crippen LogP contribution in [0.5, 0.6) is 0 Å². The van der Waals surface area contributed by atoms with Crippen LogP contribution in [0.15, 0.2) is 6.20 Å². The number of nitrogen functional groups attached to an aromatic ring is 1. The van der Waals surface area contributed by atoms with Gasteiger partial charge in [0.15, 0.2) is 0 Å². The number of amides is 2. The van der Waals surface area contributed by atoms with E-state index in [2.05, 4.69) is 10.2 Å². The van der Waals surface area contributed by atoms with Crippen molar-refractivity contribution < 1.29 is 9.59 Å². The summed E-state index contributed by atoms with van der Waals surface area (Å²) in [7, 11) is 3.31. The van der Waals surface area contributed by atoms with E-state index in [4.69, 9.17) is 5.73 Å². The quantitative estimate of drug-likeness (QED) is 0.768. The summed E-state index contributed by atoms with van der Waals surface area (Å²) in [5.74, 6) is -0.185. The molecule has 1 aromatic rings. The maximum Gasteiger partial charge on any atom is 0.259 e. The second-order valence-electron chi connectivity index (χ2n) is 4.21. The third kappa shape index (κ3) is 3.22. The normalized spacial score (nSPS) is 10.2. The van der Waals surface area contributed by atoms with Crippen molar-refractivity contribution >= 4 is 17.6 Å². The Morgan fingerprint density at radius 1 is 1.44 bits per heavy atom. The second-order valence-corrected chi connectivity index (χ2v) is 4.21. The molecule has 0 radical (unpaired) electrons. The minimum atomic E-state index is -0.279. The number of nitrogens with two attached hydrogens (primary N) is 1. The third-order valence-corrected chi connectivity index (χ3v) is 2.50. The van der Waals surface area contributed by atoms with Crippen molar-refractivity contribution in [2.45, 2.75) is 13.3 Å². The number of hydrogen-bond donors (Lipinski definition) is 2. The molecular formula is C11H19N5O2. The molecule has 0 aliphatic carbocycles. The molecule has 1 heterocycles. The molecule has 0 fully saturated rings. The molecule has 1 aromatic heterocycles. The molecule has 100 valence electrons. The van der Waals surface area contributed by atoms with E-state index >= 15 is 0 Å². The molecule has 0 aromatic carbocycles. The predicted molar refractivity (Wildman–Crippen MR) is 67.9 cm³/mol. The summed E-state index contributed by atoms with van der Waals surface area (Å²) in [6.07, 6.45) is 2.14. The SMILES string of the molecule is CCCN(CC(=O)N(C)C)C(=O)c1cn[nH]c1N. The number of rotatable bonds is 5. The summed E-state index contributed by atoms with van der Waals surface area (Å²) < 4.78 is 0. The molecule has 0 atom stereocenters. The fourth-order valence-corrected chi connectivity index (χ4v) is 1.46. The number of carbonyl (C=O) groups excluding carboxylic acids is 2. The molecule has 0 spiro atoms. The van der Waals surface area contributed by atoms with Gasteiger partial charge in [-0.15, -0.1) is 0 Å². The van der Waals surface area contributed by atoms with Gasteiger partial charge in [0, 0.05) is 20.6 Å². The van der Waals surface area contributed by atoms with Gasteiger partial charge >= 0.3 is 0 Å². The Morgan fingerprint density at radius 3 is 2.56 bits per heavy atom. The van der Waals surface area contributed by atoms with E-state index in [1.165, 1.54) is 16.0 Å². The summed E-state index contributed by atoms with van der Waals surface area (Å²) in [5.41, 5.74) is 5.91. The first-order valence-electron chi connectivity index (χ1n) is 5.75. The monoisotopic (exact) mass is 253 g/mol. The average molecular weight is 253 g/mol. The predicted octanol–water partition coefficient (Wildman–Crippen LogP) is -0.0677. The van der Waals surface area contributed by atoms with Crippen molar-refractivity contribution in [3.8, 4) is 0 Å². The molecule has 0 aliphatic heterocycles. The lowest BCUT2D eigenvalue weighted by Crippen LogP contribution is -2.40. The van der Waals surface area contributed by atoms with E-state index < -0.39 is 0 Å². The average Bonchev–Trinajstić information content (AvgIpc) is 2.73. The van der Waals surface area contributed by atoms with Crippen LogP contribution in [0.4, 0.5) is 5.82 Å². The highest BCUT2D eigenvalue weighted by Crippen LogP contribution is 2.10. The van der Waals surface area contributed by atoms with Crippen LogP contribution in [-0.4, -0.2) is 59.0 Å². The summed E-state index contributed by atoms with van der Waals surface area (Å²) >= 11 is 0. The van der Waals surface area contributed by atoms with Gasteiger partial charge in [0.1, 0.15) is 17.9 Å². The van der Waals surface area contributed by atoms with Crippen molar-refractivity contribution in [1.29, 1.82) is 0 Å². The first kappa shape index (κ1) is 14.0. The Morgan fingerprint density at radius 2 is 2.11 bits per heavy atom. The minimum Gasteiger partial charge on any atom is -0.383 e. The number of carbonyl (C=O) groups is 2. The van der Waals surface area contributed by atoms with Crippen LogP contribution in [0.3, 0.4) is 0 Å². The molecule has 7 nitrogen and oxygen atoms in total. The zero-order valence-corrected chi connectivity index (χ0v) is 10.9. The highest BCUT2D eigenvalue weighted by atomic mass is 16.2. The Balaban J connectivity index is 2.82.